The lowest BCUT2D eigenvalue weighted by molar-refractivity contribution is 0.464. The molecule has 0 atom stereocenters. The van der Waals surface area contributed by atoms with Gasteiger partial charge in [-0.3, -0.25) is 0 Å². The van der Waals surface area contributed by atoms with Crippen LogP contribution in [-0.2, 0) is 12.8 Å². The quantitative estimate of drug-likeness (QED) is 0.475. The Morgan fingerprint density at radius 2 is 1.27 bits per heavy atom. The van der Waals surface area contributed by atoms with Crippen molar-refractivity contribution in [1.82, 2.24) is 0 Å². The molecule has 2 aromatic rings. The fourth-order valence-electron chi connectivity index (χ4n) is 3.97. The Kier molecular flexibility index (Phi) is 8.95. The van der Waals surface area contributed by atoms with Gasteiger partial charge in [0.25, 0.3) is 0 Å². The number of nitrogens with zero attached hydrogens (tertiary/aromatic N) is 2. The number of hydrogen-bond acceptors (Lipinski definition) is 4. The van der Waals surface area contributed by atoms with Gasteiger partial charge in [-0.15, -0.1) is 0 Å². The standard InChI is InChI=1S/C26H34N2O2/c29-25-21-13-7-5-3-1-2-4-6-8-14-23-18-12-19-24(26(23)30)28-27-20-10-9-15-22(25)17-11-16-21/h9,11-12,15-19,29-30H,1-8,10,13-14,20H2. The first-order valence-corrected chi connectivity index (χ1v) is 11.4. The maximum absolute atomic E-state index is 10.6. The summed E-state index contributed by atoms with van der Waals surface area (Å²) in [5.74, 6) is 0.667. The van der Waals surface area contributed by atoms with Gasteiger partial charge in [-0.05, 0) is 49.3 Å². The number of phenols is 2. The van der Waals surface area contributed by atoms with Gasteiger partial charge in [0.2, 0.25) is 0 Å². The maximum atomic E-state index is 10.6. The van der Waals surface area contributed by atoms with Gasteiger partial charge in [-0.1, -0.05) is 81.0 Å². The number of azo groups is 1. The van der Waals surface area contributed by atoms with Crippen molar-refractivity contribution in [2.24, 2.45) is 10.2 Å². The lowest BCUT2D eigenvalue weighted by Crippen LogP contribution is -1.90. The lowest BCUT2D eigenvalue weighted by atomic mass is 10.0. The second-order valence-electron chi connectivity index (χ2n) is 8.12. The summed E-state index contributed by atoms with van der Waals surface area (Å²) in [5, 5.41) is 29.5. The molecule has 0 aromatic heterocycles. The van der Waals surface area contributed by atoms with Crippen molar-refractivity contribution >= 4 is 11.8 Å². The van der Waals surface area contributed by atoms with E-state index in [1.807, 2.05) is 42.5 Å². The van der Waals surface area contributed by atoms with E-state index < -0.39 is 0 Å². The highest BCUT2D eigenvalue weighted by Gasteiger charge is 2.07. The number of hydrogen-bond donors (Lipinski definition) is 2. The number of aromatic hydroxyl groups is 2. The first kappa shape index (κ1) is 22.1. The highest BCUT2D eigenvalue weighted by atomic mass is 16.3. The van der Waals surface area contributed by atoms with Crippen molar-refractivity contribution in [3.05, 3.63) is 59.2 Å². The predicted molar refractivity (Wildman–Crippen MR) is 124 cm³/mol. The first-order chi connectivity index (χ1) is 14.8. The molecule has 2 aromatic carbocycles. The number of fused-ring (bicyclic) bond motifs is 4. The minimum Gasteiger partial charge on any atom is -0.507 e. The normalized spacial score (nSPS) is 17.1. The number of aryl methyl sites for hydroxylation is 2. The number of benzene rings is 2. The molecule has 0 fully saturated rings. The minimum absolute atomic E-state index is 0.265. The molecular formula is C26H34N2O2. The molecule has 160 valence electrons. The van der Waals surface area contributed by atoms with E-state index in [4.69, 9.17) is 0 Å². The smallest absolute Gasteiger partial charge is 0.146 e. The van der Waals surface area contributed by atoms with E-state index in [9.17, 15) is 10.2 Å². The largest absolute Gasteiger partial charge is 0.507 e. The fourth-order valence-corrected chi connectivity index (χ4v) is 3.97. The first-order valence-electron chi connectivity index (χ1n) is 11.4. The molecule has 1 aliphatic heterocycles. The van der Waals surface area contributed by atoms with E-state index >= 15 is 0 Å². The third-order valence-corrected chi connectivity index (χ3v) is 5.76. The zero-order valence-corrected chi connectivity index (χ0v) is 17.9. The molecule has 0 amide bonds. The van der Waals surface area contributed by atoms with Gasteiger partial charge in [-0.2, -0.15) is 10.2 Å². The van der Waals surface area contributed by atoms with Crippen LogP contribution in [0.4, 0.5) is 5.69 Å². The summed E-state index contributed by atoms with van der Waals surface area (Å²) in [6.07, 6.45) is 16.2. The molecule has 0 saturated carbocycles. The van der Waals surface area contributed by atoms with Crippen LogP contribution in [0.2, 0.25) is 0 Å². The van der Waals surface area contributed by atoms with Gasteiger partial charge in [0.15, 0.2) is 0 Å². The fraction of sp³-hybridized carbons (Fsp3) is 0.462. The second-order valence-corrected chi connectivity index (χ2v) is 8.12. The van der Waals surface area contributed by atoms with Crippen molar-refractivity contribution in [3.63, 3.8) is 0 Å². The summed E-state index contributed by atoms with van der Waals surface area (Å²) in [5.41, 5.74) is 3.40. The van der Waals surface area contributed by atoms with Crippen LogP contribution in [0.25, 0.3) is 6.08 Å². The van der Waals surface area contributed by atoms with Crippen molar-refractivity contribution in [2.75, 3.05) is 6.54 Å². The van der Waals surface area contributed by atoms with Crippen LogP contribution in [-0.4, -0.2) is 16.8 Å². The van der Waals surface area contributed by atoms with Gasteiger partial charge in [0, 0.05) is 5.56 Å². The summed E-state index contributed by atoms with van der Waals surface area (Å²) in [6.45, 7) is 0.542. The molecule has 0 aliphatic carbocycles. The molecular weight excluding hydrogens is 372 g/mol. The molecule has 1 heterocycles. The highest BCUT2D eigenvalue weighted by Crippen LogP contribution is 2.31. The predicted octanol–water partition coefficient (Wildman–Crippen LogP) is 7.50. The Hall–Kier alpha value is -2.62. The van der Waals surface area contributed by atoms with Crippen LogP contribution in [0.1, 0.15) is 74.5 Å². The van der Waals surface area contributed by atoms with Crippen molar-refractivity contribution < 1.29 is 10.2 Å². The Labute approximate surface area is 180 Å². The van der Waals surface area contributed by atoms with Crippen LogP contribution >= 0.6 is 0 Å². The zero-order chi connectivity index (χ0) is 21.0. The van der Waals surface area contributed by atoms with Crippen LogP contribution in [0.15, 0.2) is 52.7 Å². The molecule has 0 spiro atoms. The zero-order valence-electron chi connectivity index (χ0n) is 17.9. The van der Waals surface area contributed by atoms with Crippen LogP contribution in [0, 0.1) is 0 Å². The van der Waals surface area contributed by atoms with Gasteiger partial charge < -0.3 is 10.2 Å². The average molecular weight is 407 g/mol. The van der Waals surface area contributed by atoms with E-state index in [1.54, 1.807) is 6.07 Å². The molecule has 1 aliphatic rings. The van der Waals surface area contributed by atoms with Gasteiger partial charge in [0.05, 0.1) is 6.54 Å². The van der Waals surface area contributed by atoms with Crippen LogP contribution < -0.4 is 0 Å². The third kappa shape index (κ3) is 6.72. The molecule has 2 N–H and O–H groups in total. The molecule has 0 saturated heterocycles. The van der Waals surface area contributed by atoms with Gasteiger partial charge in [-0.25, -0.2) is 0 Å². The molecule has 30 heavy (non-hydrogen) atoms. The molecule has 4 heteroatoms. The van der Waals surface area contributed by atoms with E-state index in [0.29, 0.717) is 18.0 Å². The number of phenolic OH excluding ortho intramolecular Hbond substituents is 2. The number of rotatable bonds is 0. The Bertz CT molecular complexity index is 787. The topological polar surface area (TPSA) is 65.2 Å². The molecule has 4 bridgehead atoms. The molecule has 4 nitrogen and oxygen atoms in total. The monoisotopic (exact) mass is 406 g/mol. The Morgan fingerprint density at radius 1 is 0.667 bits per heavy atom. The van der Waals surface area contributed by atoms with E-state index in [2.05, 4.69) is 10.2 Å². The third-order valence-electron chi connectivity index (χ3n) is 5.76. The molecule has 0 unspecified atom stereocenters. The Balaban J connectivity index is 1.68. The van der Waals surface area contributed by atoms with Crippen LogP contribution in [0.3, 0.4) is 0 Å². The van der Waals surface area contributed by atoms with Crippen molar-refractivity contribution in [1.29, 1.82) is 0 Å². The number of para-hydroxylation sites is 2. The summed E-state index contributed by atoms with van der Waals surface area (Å²) in [4.78, 5) is 0. The van der Waals surface area contributed by atoms with E-state index in [1.165, 1.54) is 38.5 Å². The SMILES string of the molecule is Oc1c2cccc1CCCCCCCCCCc1cccc(c1O)N=NCCC=C2. The van der Waals surface area contributed by atoms with Crippen LogP contribution in [0.5, 0.6) is 11.5 Å². The maximum Gasteiger partial charge on any atom is 0.146 e. The highest BCUT2D eigenvalue weighted by molar-refractivity contribution is 5.59. The Morgan fingerprint density at radius 3 is 1.97 bits per heavy atom. The van der Waals surface area contributed by atoms with E-state index in [0.717, 1.165) is 48.8 Å². The molecule has 0 radical (unpaired) electrons. The molecule has 3 rings (SSSR count). The van der Waals surface area contributed by atoms with Crippen molar-refractivity contribution in [2.45, 2.75) is 70.6 Å². The summed E-state index contributed by atoms with van der Waals surface area (Å²) < 4.78 is 0. The van der Waals surface area contributed by atoms with Crippen molar-refractivity contribution in [3.8, 4) is 11.5 Å². The summed E-state index contributed by atoms with van der Waals surface area (Å²) >= 11 is 0. The minimum atomic E-state index is 0.265. The van der Waals surface area contributed by atoms with E-state index in [-0.39, 0.29) is 5.75 Å². The lowest BCUT2D eigenvalue weighted by Gasteiger charge is -2.08. The average Bonchev–Trinajstić information content (AvgIpc) is 2.75. The summed E-state index contributed by atoms with van der Waals surface area (Å²) in [7, 11) is 0. The van der Waals surface area contributed by atoms with Gasteiger partial charge in [0.1, 0.15) is 17.2 Å². The summed E-state index contributed by atoms with van der Waals surface area (Å²) in [6, 6.07) is 11.7. The van der Waals surface area contributed by atoms with Gasteiger partial charge >= 0.3 is 0 Å². The second kappa shape index (κ2) is 12.2.